The molecule has 1 heterocycles. The van der Waals surface area contributed by atoms with E-state index < -0.39 is 0 Å². The predicted molar refractivity (Wildman–Crippen MR) is 38.9 cm³/mol. The molecule has 0 aromatic carbocycles. The van der Waals surface area contributed by atoms with Crippen LogP contribution in [0.2, 0.25) is 0 Å². The van der Waals surface area contributed by atoms with Crippen LogP contribution in [-0.4, -0.2) is 11.9 Å². The largest absolute Gasteiger partial charge is 0.374 e. The molecule has 0 radical (unpaired) electrons. The third-order valence-corrected chi connectivity index (χ3v) is 2.12. The molecular formula is C5H8N2OS. The molecule has 1 atom stereocenters. The second-order valence-electron chi connectivity index (χ2n) is 1.88. The van der Waals surface area contributed by atoms with Gasteiger partial charge in [-0.15, -0.1) is 11.8 Å². The number of allylic oxidation sites excluding steroid dienone is 1. The molecule has 1 rings (SSSR count). The highest BCUT2D eigenvalue weighted by atomic mass is 32.2. The maximum Gasteiger partial charge on any atom is 0.111 e. The highest BCUT2D eigenvalue weighted by Crippen LogP contribution is 2.19. The topological polar surface area (TPSA) is 41.5 Å². The van der Waals surface area contributed by atoms with Crippen molar-refractivity contribution in [2.24, 2.45) is 5.18 Å². The van der Waals surface area contributed by atoms with Gasteiger partial charge in [0.25, 0.3) is 0 Å². The second-order valence-corrected chi connectivity index (χ2v) is 2.96. The van der Waals surface area contributed by atoms with E-state index in [2.05, 4.69) is 10.5 Å². The molecule has 3 nitrogen and oxygen atoms in total. The van der Waals surface area contributed by atoms with Crippen molar-refractivity contribution in [3.05, 3.63) is 16.0 Å². The molecule has 1 N–H and O–H groups in total. The lowest BCUT2D eigenvalue weighted by molar-refractivity contribution is 0.761. The van der Waals surface area contributed by atoms with Crippen molar-refractivity contribution in [2.45, 2.75) is 12.3 Å². The van der Waals surface area contributed by atoms with E-state index in [4.69, 9.17) is 0 Å². The molecule has 0 aromatic rings. The van der Waals surface area contributed by atoms with Crippen molar-refractivity contribution < 1.29 is 0 Å². The summed E-state index contributed by atoms with van der Waals surface area (Å²) in [7, 11) is 0. The van der Waals surface area contributed by atoms with E-state index >= 15 is 0 Å². The molecule has 50 valence electrons. The third kappa shape index (κ3) is 1.71. The first-order valence-corrected chi connectivity index (χ1v) is 3.65. The van der Waals surface area contributed by atoms with E-state index in [1.165, 1.54) is 0 Å². The van der Waals surface area contributed by atoms with Crippen molar-refractivity contribution in [1.29, 1.82) is 0 Å². The van der Waals surface area contributed by atoms with Crippen LogP contribution in [-0.2, 0) is 0 Å². The summed E-state index contributed by atoms with van der Waals surface area (Å²) >= 11 is 1.61. The Morgan fingerprint density at radius 3 is 3.22 bits per heavy atom. The van der Waals surface area contributed by atoms with Crippen LogP contribution < -0.4 is 5.32 Å². The fraction of sp³-hybridized carbons (Fsp3) is 0.600. The van der Waals surface area contributed by atoms with E-state index in [9.17, 15) is 4.91 Å². The van der Waals surface area contributed by atoms with Gasteiger partial charge in [0.1, 0.15) is 6.54 Å². The zero-order valence-corrected chi connectivity index (χ0v) is 5.94. The average molecular weight is 144 g/mol. The normalized spacial score (nSPS) is 25.0. The first-order chi connectivity index (χ1) is 4.33. The van der Waals surface area contributed by atoms with Crippen LogP contribution in [0.3, 0.4) is 0 Å². The minimum absolute atomic E-state index is 0.183. The fourth-order valence-corrected chi connectivity index (χ4v) is 1.50. The van der Waals surface area contributed by atoms with Crippen LogP contribution in [0.25, 0.3) is 0 Å². The van der Waals surface area contributed by atoms with Gasteiger partial charge >= 0.3 is 0 Å². The summed E-state index contributed by atoms with van der Waals surface area (Å²) in [5.74, 6) is 0. The Kier molecular flexibility index (Phi) is 2.10. The van der Waals surface area contributed by atoms with Gasteiger partial charge in [0.05, 0.1) is 5.37 Å². The van der Waals surface area contributed by atoms with Crippen molar-refractivity contribution >= 4 is 11.8 Å². The van der Waals surface area contributed by atoms with E-state index in [1.54, 1.807) is 11.8 Å². The zero-order valence-electron chi connectivity index (χ0n) is 5.13. The number of nitrogens with zero attached hydrogens (tertiary/aromatic N) is 1. The molecule has 1 unspecified atom stereocenters. The van der Waals surface area contributed by atoms with Crippen LogP contribution in [0.4, 0.5) is 0 Å². The summed E-state index contributed by atoms with van der Waals surface area (Å²) in [6.07, 6.45) is 0. The summed E-state index contributed by atoms with van der Waals surface area (Å²) < 4.78 is 0. The molecular weight excluding hydrogens is 136 g/mol. The van der Waals surface area contributed by atoms with Crippen LogP contribution >= 0.6 is 11.8 Å². The summed E-state index contributed by atoms with van der Waals surface area (Å²) in [6, 6.07) is 0. The first kappa shape index (κ1) is 6.61. The van der Waals surface area contributed by atoms with E-state index in [0.29, 0.717) is 6.54 Å². The quantitative estimate of drug-likeness (QED) is 0.593. The number of thioether (sulfide) groups is 1. The Morgan fingerprint density at radius 2 is 2.78 bits per heavy atom. The molecule has 0 amide bonds. The Hall–Kier alpha value is -0.510. The van der Waals surface area contributed by atoms with Gasteiger partial charge < -0.3 is 5.32 Å². The molecule has 0 fully saturated rings. The minimum atomic E-state index is 0.183. The lowest BCUT2D eigenvalue weighted by atomic mass is 10.5. The maximum absolute atomic E-state index is 9.74. The van der Waals surface area contributed by atoms with Crippen LogP contribution in [0, 0.1) is 4.91 Å². The Balaban J connectivity index is 2.28. The van der Waals surface area contributed by atoms with Crippen molar-refractivity contribution in [1.82, 2.24) is 5.32 Å². The second kappa shape index (κ2) is 2.87. The highest BCUT2D eigenvalue weighted by molar-refractivity contribution is 8.03. The standard InChI is InChI=1S/C5H8N2OS/c1-4-3-9-5(7-4)2-6-8/h3,5,7H,2H2,1H3. The molecule has 0 saturated carbocycles. The predicted octanol–water partition coefficient (Wildman–Crippen LogP) is 1.28. The van der Waals surface area contributed by atoms with Crippen LogP contribution in [0.15, 0.2) is 16.3 Å². The Labute approximate surface area is 57.9 Å². The van der Waals surface area contributed by atoms with Gasteiger partial charge in [-0.25, -0.2) is 0 Å². The van der Waals surface area contributed by atoms with Gasteiger partial charge in [-0.3, -0.25) is 0 Å². The van der Waals surface area contributed by atoms with Gasteiger partial charge in [-0.1, -0.05) is 5.18 Å². The first-order valence-electron chi connectivity index (χ1n) is 2.71. The van der Waals surface area contributed by atoms with E-state index in [0.717, 1.165) is 5.70 Å². The van der Waals surface area contributed by atoms with Gasteiger partial charge in [0.15, 0.2) is 0 Å². The molecule has 1 aliphatic heterocycles. The molecule has 0 saturated heterocycles. The summed E-state index contributed by atoms with van der Waals surface area (Å²) in [4.78, 5) is 9.74. The SMILES string of the molecule is CC1=CSC(CN=O)N1. The average Bonchev–Trinajstić information content (AvgIpc) is 2.17. The molecule has 9 heavy (non-hydrogen) atoms. The monoisotopic (exact) mass is 144 g/mol. The third-order valence-electron chi connectivity index (χ3n) is 1.04. The molecule has 0 aromatic heterocycles. The Morgan fingerprint density at radius 1 is 2.00 bits per heavy atom. The molecule has 0 spiro atoms. The maximum atomic E-state index is 9.74. The summed E-state index contributed by atoms with van der Waals surface area (Å²) in [6.45, 7) is 2.32. The highest BCUT2D eigenvalue weighted by Gasteiger charge is 2.12. The lowest BCUT2D eigenvalue weighted by Crippen LogP contribution is -2.21. The lowest BCUT2D eigenvalue weighted by Gasteiger charge is -2.04. The van der Waals surface area contributed by atoms with Crippen molar-refractivity contribution in [2.75, 3.05) is 6.54 Å². The smallest absolute Gasteiger partial charge is 0.111 e. The number of hydrogen-bond acceptors (Lipinski definition) is 4. The fourth-order valence-electron chi connectivity index (χ4n) is 0.663. The zero-order chi connectivity index (χ0) is 6.69. The van der Waals surface area contributed by atoms with E-state index in [1.807, 2.05) is 12.3 Å². The number of rotatable bonds is 2. The van der Waals surface area contributed by atoms with Gasteiger partial charge in [0, 0.05) is 5.70 Å². The van der Waals surface area contributed by atoms with Crippen molar-refractivity contribution in [3.63, 3.8) is 0 Å². The number of nitroso groups, excluding NO2 is 1. The van der Waals surface area contributed by atoms with Gasteiger partial charge in [-0.05, 0) is 12.3 Å². The van der Waals surface area contributed by atoms with Crippen LogP contribution in [0.5, 0.6) is 0 Å². The Bertz CT molecular complexity index is 146. The molecule has 1 aliphatic rings. The van der Waals surface area contributed by atoms with Crippen molar-refractivity contribution in [3.8, 4) is 0 Å². The minimum Gasteiger partial charge on any atom is -0.374 e. The number of hydrogen-bond donors (Lipinski definition) is 1. The summed E-state index contributed by atoms with van der Waals surface area (Å²) in [5.41, 5.74) is 1.12. The van der Waals surface area contributed by atoms with Gasteiger partial charge in [0.2, 0.25) is 0 Å². The van der Waals surface area contributed by atoms with E-state index in [-0.39, 0.29) is 5.37 Å². The summed E-state index contributed by atoms with van der Waals surface area (Å²) in [5, 5.41) is 8.05. The molecule has 4 heteroatoms. The number of nitrogens with one attached hydrogen (secondary N) is 1. The van der Waals surface area contributed by atoms with Crippen LogP contribution in [0.1, 0.15) is 6.92 Å². The molecule has 0 aliphatic carbocycles. The van der Waals surface area contributed by atoms with Gasteiger partial charge in [-0.2, -0.15) is 4.91 Å². The molecule has 0 bridgehead atoms.